The molecule has 0 unspecified atom stereocenters. The predicted octanol–water partition coefficient (Wildman–Crippen LogP) is 1.49. The van der Waals surface area contributed by atoms with Gasteiger partial charge in [0.2, 0.25) is 5.91 Å². The number of pyridine rings is 1. The Kier molecular flexibility index (Phi) is 4.06. The Morgan fingerprint density at radius 2 is 2.04 bits per heavy atom. The molecule has 0 aliphatic carbocycles. The Hall–Kier alpha value is -3.68. The lowest BCUT2D eigenvalue weighted by Gasteiger charge is -2.10. The SMILES string of the molecule is O=C(Cn1c(=O)oc2ccccc21)NCc1cccnc1-n1ccnc1. The van der Waals surface area contributed by atoms with Crippen LogP contribution in [0.3, 0.4) is 0 Å². The first-order valence-corrected chi connectivity index (χ1v) is 7.99. The second-order valence-electron chi connectivity index (χ2n) is 5.65. The van der Waals surface area contributed by atoms with Crippen LogP contribution in [0.15, 0.2) is 70.5 Å². The van der Waals surface area contributed by atoms with Crippen molar-refractivity contribution in [2.24, 2.45) is 0 Å². The maximum Gasteiger partial charge on any atom is 0.420 e. The molecule has 0 bridgehead atoms. The van der Waals surface area contributed by atoms with E-state index >= 15 is 0 Å². The van der Waals surface area contributed by atoms with Crippen molar-refractivity contribution in [1.82, 2.24) is 24.4 Å². The highest BCUT2D eigenvalue weighted by atomic mass is 16.4. The highest BCUT2D eigenvalue weighted by molar-refractivity contribution is 5.79. The van der Waals surface area contributed by atoms with Gasteiger partial charge in [-0.25, -0.2) is 14.8 Å². The number of benzene rings is 1. The van der Waals surface area contributed by atoms with Crippen LogP contribution in [-0.4, -0.2) is 25.0 Å². The van der Waals surface area contributed by atoms with E-state index in [1.54, 1.807) is 59.8 Å². The zero-order valence-electron chi connectivity index (χ0n) is 13.7. The Balaban J connectivity index is 1.50. The van der Waals surface area contributed by atoms with Crippen LogP contribution < -0.4 is 11.1 Å². The molecule has 3 heterocycles. The molecule has 0 saturated carbocycles. The molecular formula is C18H15N5O3. The van der Waals surface area contributed by atoms with Crippen LogP contribution in [-0.2, 0) is 17.9 Å². The number of para-hydroxylation sites is 2. The van der Waals surface area contributed by atoms with E-state index in [0.717, 1.165) is 5.56 Å². The third-order valence-corrected chi connectivity index (χ3v) is 3.97. The van der Waals surface area contributed by atoms with Gasteiger partial charge in [0.05, 0.1) is 5.52 Å². The predicted molar refractivity (Wildman–Crippen MR) is 93.7 cm³/mol. The number of aromatic nitrogens is 4. The van der Waals surface area contributed by atoms with Gasteiger partial charge in [-0.2, -0.15) is 0 Å². The highest BCUT2D eigenvalue weighted by Crippen LogP contribution is 2.12. The van der Waals surface area contributed by atoms with Gasteiger partial charge in [-0.15, -0.1) is 0 Å². The van der Waals surface area contributed by atoms with Crippen LogP contribution >= 0.6 is 0 Å². The van der Waals surface area contributed by atoms with Crippen molar-refractivity contribution in [2.45, 2.75) is 13.1 Å². The molecule has 1 N–H and O–H groups in total. The average molecular weight is 349 g/mol. The van der Waals surface area contributed by atoms with E-state index in [1.165, 1.54) is 4.57 Å². The van der Waals surface area contributed by atoms with Gasteiger partial charge in [-0.1, -0.05) is 18.2 Å². The molecule has 0 fully saturated rings. The molecule has 0 saturated heterocycles. The summed E-state index contributed by atoms with van der Waals surface area (Å²) in [6.07, 6.45) is 6.76. The van der Waals surface area contributed by atoms with Gasteiger partial charge < -0.3 is 9.73 Å². The van der Waals surface area contributed by atoms with Gasteiger partial charge in [0.1, 0.15) is 18.7 Å². The smallest absolute Gasteiger partial charge is 0.408 e. The summed E-state index contributed by atoms with van der Waals surface area (Å²) in [7, 11) is 0. The summed E-state index contributed by atoms with van der Waals surface area (Å²) < 4.78 is 8.22. The van der Waals surface area contributed by atoms with Crippen molar-refractivity contribution in [3.8, 4) is 5.82 Å². The van der Waals surface area contributed by atoms with E-state index in [0.29, 0.717) is 16.9 Å². The number of amides is 1. The summed E-state index contributed by atoms with van der Waals surface area (Å²) in [6.45, 7) is 0.168. The van der Waals surface area contributed by atoms with Crippen LogP contribution in [0.4, 0.5) is 0 Å². The molecule has 3 aromatic heterocycles. The monoisotopic (exact) mass is 349 g/mol. The number of fused-ring (bicyclic) bond motifs is 1. The van der Waals surface area contributed by atoms with Crippen molar-refractivity contribution < 1.29 is 9.21 Å². The quantitative estimate of drug-likeness (QED) is 0.589. The number of hydrogen-bond acceptors (Lipinski definition) is 5. The number of nitrogens with one attached hydrogen (secondary N) is 1. The zero-order chi connectivity index (χ0) is 17.9. The van der Waals surface area contributed by atoms with E-state index in [-0.39, 0.29) is 19.0 Å². The Morgan fingerprint density at radius 3 is 2.88 bits per heavy atom. The number of hydrogen-bond donors (Lipinski definition) is 1. The van der Waals surface area contributed by atoms with Crippen molar-refractivity contribution in [2.75, 3.05) is 0 Å². The molecule has 4 aromatic rings. The molecular weight excluding hydrogens is 334 g/mol. The lowest BCUT2D eigenvalue weighted by Crippen LogP contribution is -2.30. The molecule has 8 heteroatoms. The molecule has 8 nitrogen and oxygen atoms in total. The summed E-state index contributed by atoms with van der Waals surface area (Å²) in [4.78, 5) is 32.6. The second kappa shape index (κ2) is 6.67. The summed E-state index contributed by atoms with van der Waals surface area (Å²) in [5, 5.41) is 2.82. The average Bonchev–Trinajstić information content (AvgIpc) is 3.29. The number of carbonyl (C=O) groups excluding carboxylic acids is 1. The van der Waals surface area contributed by atoms with E-state index < -0.39 is 5.76 Å². The van der Waals surface area contributed by atoms with Crippen LogP contribution in [0, 0.1) is 0 Å². The first kappa shape index (κ1) is 15.8. The molecule has 130 valence electrons. The fraction of sp³-hybridized carbons (Fsp3) is 0.111. The summed E-state index contributed by atoms with van der Waals surface area (Å²) in [5.74, 6) is -0.155. The lowest BCUT2D eigenvalue weighted by atomic mass is 10.2. The van der Waals surface area contributed by atoms with E-state index in [4.69, 9.17) is 4.42 Å². The molecule has 1 aromatic carbocycles. The standard InChI is InChI=1S/C18H15N5O3/c24-16(11-23-14-5-1-2-6-15(14)26-18(23)25)21-10-13-4-3-7-20-17(13)22-9-8-19-12-22/h1-9,12H,10-11H2,(H,21,24). The maximum absolute atomic E-state index is 12.3. The number of nitrogens with zero attached hydrogens (tertiary/aromatic N) is 4. The van der Waals surface area contributed by atoms with Crippen molar-refractivity contribution >= 4 is 17.0 Å². The van der Waals surface area contributed by atoms with Crippen molar-refractivity contribution in [3.05, 3.63) is 77.4 Å². The highest BCUT2D eigenvalue weighted by Gasteiger charge is 2.13. The molecule has 4 rings (SSSR count). The molecule has 0 aliphatic heterocycles. The van der Waals surface area contributed by atoms with Crippen molar-refractivity contribution in [3.63, 3.8) is 0 Å². The van der Waals surface area contributed by atoms with Crippen LogP contribution in [0.2, 0.25) is 0 Å². The van der Waals surface area contributed by atoms with Gasteiger partial charge in [0.15, 0.2) is 5.58 Å². The van der Waals surface area contributed by atoms with Gasteiger partial charge >= 0.3 is 5.76 Å². The summed E-state index contributed by atoms with van der Waals surface area (Å²) in [6, 6.07) is 10.7. The Labute approximate surface area is 147 Å². The second-order valence-corrected chi connectivity index (χ2v) is 5.65. The van der Waals surface area contributed by atoms with Gasteiger partial charge in [-0.3, -0.25) is 13.9 Å². The number of oxazole rings is 1. The van der Waals surface area contributed by atoms with Crippen LogP contribution in [0.25, 0.3) is 16.9 Å². The summed E-state index contributed by atoms with van der Waals surface area (Å²) >= 11 is 0. The molecule has 0 radical (unpaired) electrons. The number of carbonyl (C=O) groups is 1. The molecule has 1 amide bonds. The first-order valence-electron chi connectivity index (χ1n) is 7.99. The Morgan fingerprint density at radius 1 is 1.15 bits per heavy atom. The van der Waals surface area contributed by atoms with Crippen LogP contribution in [0.5, 0.6) is 0 Å². The fourth-order valence-corrected chi connectivity index (χ4v) is 2.74. The number of rotatable bonds is 5. The molecule has 0 aliphatic rings. The third-order valence-electron chi connectivity index (χ3n) is 3.97. The topological polar surface area (TPSA) is 95.0 Å². The first-order chi connectivity index (χ1) is 12.7. The summed E-state index contributed by atoms with van der Waals surface area (Å²) in [5.41, 5.74) is 1.89. The Bertz CT molecular complexity index is 1110. The molecule has 26 heavy (non-hydrogen) atoms. The lowest BCUT2D eigenvalue weighted by molar-refractivity contribution is -0.121. The molecule has 0 atom stereocenters. The van der Waals surface area contributed by atoms with E-state index in [9.17, 15) is 9.59 Å². The molecule has 0 spiro atoms. The minimum atomic E-state index is -0.554. The zero-order valence-corrected chi connectivity index (χ0v) is 13.7. The minimum Gasteiger partial charge on any atom is -0.408 e. The normalized spacial score (nSPS) is 10.9. The van der Waals surface area contributed by atoms with Gasteiger partial charge in [-0.05, 0) is 18.2 Å². The maximum atomic E-state index is 12.3. The largest absolute Gasteiger partial charge is 0.420 e. The van der Waals surface area contributed by atoms with E-state index in [1.807, 2.05) is 6.07 Å². The van der Waals surface area contributed by atoms with Crippen molar-refractivity contribution in [1.29, 1.82) is 0 Å². The minimum absolute atomic E-state index is 0.115. The van der Waals surface area contributed by atoms with Crippen LogP contribution in [0.1, 0.15) is 5.56 Å². The number of imidazole rings is 1. The third kappa shape index (κ3) is 3.00. The van der Waals surface area contributed by atoms with Gasteiger partial charge in [0.25, 0.3) is 0 Å². The van der Waals surface area contributed by atoms with E-state index in [2.05, 4.69) is 15.3 Å². The van der Waals surface area contributed by atoms with Gasteiger partial charge in [0, 0.05) is 30.7 Å². The fourth-order valence-electron chi connectivity index (χ4n) is 2.74.